The van der Waals surface area contributed by atoms with Gasteiger partial charge in [-0.1, -0.05) is 24.4 Å². The summed E-state index contributed by atoms with van der Waals surface area (Å²) >= 11 is 5.86. The average molecular weight is 427 g/mol. The molecule has 1 fully saturated rings. The van der Waals surface area contributed by atoms with Gasteiger partial charge in [0.15, 0.2) is 6.61 Å². The number of halogens is 1. The molecule has 7 heteroatoms. The number of nitrogens with one attached hydrogen (secondary N) is 1. The Bertz CT molecular complexity index is 1010. The molecule has 1 aliphatic rings. The zero-order valence-electron chi connectivity index (χ0n) is 17.2. The Labute approximate surface area is 181 Å². The van der Waals surface area contributed by atoms with Gasteiger partial charge in [0.05, 0.1) is 17.6 Å². The molecular formula is C23H27ClN4O2. The third kappa shape index (κ3) is 5.12. The molecule has 1 N–H and O–H groups in total. The molecule has 6 nitrogen and oxygen atoms in total. The Kier molecular flexibility index (Phi) is 6.55. The Morgan fingerprint density at radius 1 is 1.10 bits per heavy atom. The van der Waals surface area contributed by atoms with Crippen molar-refractivity contribution in [2.24, 2.45) is 7.05 Å². The van der Waals surface area contributed by atoms with Gasteiger partial charge in [0.1, 0.15) is 11.6 Å². The van der Waals surface area contributed by atoms with Crippen LogP contribution in [-0.2, 0) is 18.4 Å². The van der Waals surface area contributed by atoms with Gasteiger partial charge in [-0.15, -0.1) is 0 Å². The molecule has 4 rings (SSSR count). The van der Waals surface area contributed by atoms with Gasteiger partial charge >= 0.3 is 0 Å². The number of likely N-dealkylation sites (tertiary alicyclic amines) is 1. The molecule has 0 aliphatic carbocycles. The number of hydrogen-bond acceptors (Lipinski definition) is 4. The molecule has 0 spiro atoms. The fourth-order valence-electron chi connectivity index (χ4n) is 3.84. The monoisotopic (exact) mass is 426 g/mol. The molecule has 0 bridgehead atoms. The number of ether oxygens (including phenoxy) is 1. The minimum Gasteiger partial charge on any atom is -0.484 e. The Morgan fingerprint density at radius 3 is 2.57 bits per heavy atom. The topological polar surface area (TPSA) is 59.4 Å². The van der Waals surface area contributed by atoms with Gasteiger partial charge < -0.3 is 14.6 Å². The van der Waals surface area contributed by atoms with Gasteiger partial charge in [-0.25, -0.2) is 4.98 Å². The highest BCUT2D eigenvalue weighted by atomic mass is 35.5. The van der Waals surface area contributed by atoms with Crippen LogP contribution in [-0.4, -0.2) is 40.1 Å². The van der Waals surface area contributed by atoms with Crippen molar-refractivity contribution in [1.82, 2.24) is 14.5 Å². The van der Waals surface area contributed by atoms with E-state index in [0.717, 1.165) is 36.5 Å². The van der Waals surface area contributed by atoms with E-state index < -0.39 is 0 Å². The first-order valence-corrected chi connectivity index (χ1v) is 10.8. The van der Waals surface area contributed by atoms with Gasteiger partial charge in [-0.2, -0.15) is 0 Å². The van der Waals surface area contributed by atoms with Crippen LogP contribution < -0.4 is 10.1 Å². The molecule has 2 aromatic carbocycles. The molecule has 0 unspecified atom stereocenters. The number of benzene rings is 2. The fourth-order valence-corrected chi connectivity index (χ4v) is 3.97. The molecule has 1 saturated heterocycles. The lowest BCUT2D eigenvalue weighted by Gasteiger charge is -2.19. The molecule has 0 radical (unpaired) electrons. The number of rotatable bonds is 6. The first-order chi connectivity index (χ1) is 14.6. The number of nitrogens with zero attached hydrogens (tertiary/aromatic N) is 3. The number of aromatic nitrogens is 2. The van der Waals surface area contributed by atoms with Crippen LogP contribution in [0.15, 0.2) is 42.5 Å². The van der Waals surface area contributed by atoms with Crippen molar-refractivity contribution >= 4 is 34.2 Å². The molecule has 2 heterocycles. The van der Waals surface area contributed by atoms with Gasteiger partial charge in [0.2, 0.25) is 0 Å². The van der Waals surface area contributed by atoms with E-state index in [0.29, 0.717) is 16.5 Å². The van der Waals surface area contributed by atoms with E-state index >= 15 is 0 Å². The summed E-state index contributed by atoms with van der Waals surface area (Å²) in [6.45, 7) is 3.07. The summed E-state index contributed by atoms with van der Waals surface area (Å²) in [5.74, 6) is 1.44. The summed E-state index contributed by atoms with van der Waals surface area (Å²) in [6, 6.07) is 12.8. The predicted octanol–water partition coefficient (Wildman–Crippen LogP) is 4.62. The number of anilines is 1. The van der Waals surface area contributed by atoms with Crippen LogP contribution in [0, 0.1) is 0 Å². The second-order valence-corrected chi connectivity index (χ2v) is 8.21. The lowest BCUT2D eigenvalue weighted by atomic mass is 10.2. The first-order valence-electron chi connectivity index (χ1n) is 10.4. The maximum atomic E-state index is 12.3. The summed E-state index contributed by atoms with van der Waals surface area (Å²) in [4.78, 5) is 19.6. The van der Waals surface area contributed by atoms with Crippen LogP contribution in [0.5, 0.6) is 5.75 Å². The highest BCUT2D eigenvalue weighted by Crippen LogP contribution is 2.22. The summed E-state index contributed by atoms with van der Waals surface area (Å²) in [6.07, 6.45) is 5.17. The minimum absolute atomic E-state index is 0.0674. The Morgan fingerprint density at radius 2 is 1.83 bits per heavy atom. The van der Waals surface area contributed by atoms with Crippen molar-refractivity contribution in [2.75, 3.05) is 25.0 Å². The molecule has 3 aromatic rings. The summed E-state index contributed by atoms with van der Waals surface area (Å²) in [5.41, 5.74) is 2.67. The molecule has 0 atom stereocenters. The van der Waals surface area contributed by atoms with E-state index in [1.54, 1.807) is 24.3 Å². The van der Waals surface area contributed by atoms with Crippen LogP contribution in [0.1, 0.15) is 31.5 Å². The van der Waals surface area contributed by atoms with E-state index in [1.165, 1.54) is 25.7 Å². The van der Waals surface area contributed by atoms with Crippen molar-refractivity contribution < 1.29 is 9.53 Å². The van der Waals surface area contributed by atoms with Crippen LogP contribution in [0.4, 0.5) is 5.69 Å². The zero-order valence-corrected chi connectivity index (χ0v) is 18.0. The Hall–Kier alpha value is -2.57. The second-order valence-electron chi connectivity index (χ2n) is 7.77. The van der Waals surface area contributed by atoms with Gasteiger partial charge in [0, 0.05) is 17.8 Å². The molecule has 1 aliphatic heterocycles. The number of amides is 1. The van der Waals surface area contributed by atoms with Gasteiger partial charge in [-0.05, 0) is 68.4 Å². The van der Waals surface area contributed by atoms with E-state index in [9.17, 15) is 4.79 Å². The quantitative estimate of drug-likeness (QED) is 0.624. The smallest absolute Gasteiger partial charge is 0.262 e. The van der Waals surface area contributed by atoms with Crippen LogP contribution >= 0.6 is 11.6 Å². The highest BCUT2D eigenvalue weighted by Gasteiger charge is 2.15. The number of aryl methyl sites for hydroxylation is 1. The molecule has 0 saturated carbocycles. The standard InChI is InChI=1S/C23H27ClN4O2/c1-27-21-11-8-18(25-23(29)16-30-19-9-6-17(24)7-10-19)14-20(21)26-22(27)15-28-12-4-2-3-5-13-28/h6-11,14H,2-5,12-13,15-16H2,1H3,(H,25,29). The van der Waals surface area contributed by atoms with Crippen molar-refractivity contribution in [1.29, 1.82) is 0 Å². The number of hydrogen-bond donors (Lipinski definition) is 1. The highest BCUT2D eigenvalue weighted by molar-refractivity contribution is 6.30. The van der Waals surface area contributed by atoms with Crippen molar-refractivity contribution in [3.63, 3.8) is 0 Å². The van der Waals surface area contributed by atoms with Gasteiger partial charge in [-0.3, -0.25) is 9.69 Å². The Balaban J connectivity index is 1.39. The van der Waals surface area contributed by atoms with Crippen LogP contribution in [0.2, 0.25) is 5.02 Å². The molecule has 158 valence electrons. The normalized spacial score (nSPS) is 15.1. The summed E-state index contributed by atoms with van der Waals surface area (Å²) < 4.78 is 7.65. The van der Waals surface area contributed by atoms with E-state index in [1.807, 2.05) is 18.2 Å². The third-order valence-electron chi connectivity index (χ3n) is 5.50. The average Bonchev–Trinajstić information content (AvgIpc) is 2.90. The molecular weight excluding hydrogens is 400 g/mol. The fraction of sp³-hybridized carbons (Fsp3) is 0.391. The van der Waals surface area contributed by atoms with Crippen LogP contribution in [0.3, 0.4) is 0 Å². The van der Waals surface area contributed by atoms with Gasteiger partial charge in [0.25, 0.3) is 5.91 Å². The van der Waals surface area contributed by atoms with Crippen molar-refractivity contribution in [2.45, 2.75) is 32.2 Å². The van der Waals surface area contributed by atoms with E-state index in [4.69, 9.17) is 21.3 Å². The number of carbonyl (C=O) groups is 1. The van der Waals surface area contributed by atoms with E-state index in [2.05, 4.69) is 21.8 Å². The SMILES string of the molecule is Cn1c(CN2CCCCCC2)nc2cc(NC(=O)COc3ccc(Cl)cc3)ccc21. The largest absolute Gasteiger partial charge is 0.484 e. The molecule has 1 amide bonds. The van der Waals surface area contributed by atoms with Crippen molar-refractivity contribution in [3.8, 4) is 5.75 Å². The minimum atomic E-state index is -0.218. The predicted molar refractivity (Wildman–Crippen MR) is 120 cm³/mol. The second kappa shape index (κ2) is 9.49. The molecule has 1 aromatic heterocycles. The maximum absolute atomic E-state index is 12.3. The third-order valence-corrected chi connectivity index (χ3v) is 5.76. The summed E-state index contributed by atoms with van der Waals surface area (Å²) in [5, 5.41) is 3.51. The lowest BCUT2D eigenvalue weighted by molar-refractivity contribution is -0.118. The van der Waals surface area contributed by atoms with E-state index in [-0.39, 0.29) is 12.5 Å². The summed E-state index contributed by atoms with van der Waals surface area (Å²) in [7, 11) is 2.06. The lowest BCUT2D eigenvalue weighted by Crippen LogP contribution is -2.25. The number of imidazole rings is 1. The number of carbonyl (C=O) groups excluding carboxylic acids is 1. The first kappa shape index (κ1) is 20.7. The zero-order chi connectivity index (χ0) is 20.9. The van der Waals surface area contributed by atoms with Crippen LogP contribution in [0.25, 0.3) is 11.0 Å². The van der Waals surface area contributed by atoms with Crippen molar-refractivity contribution in [3.05, 3.63) is 53.3 Å². The number of fused-ring (bicyclic) bond motifs is 1. The maximum Gasteiger partial charge on any atom is 0.262 e. The molecule has 30 heavy (non-hydrogen) atoms.